The molecule has 18 heavy (non-hydrogen) atoms. The number of hydrogen-bond donors (Lipinski definition) is 1. The maximum atomic E-state index is 12.1. The first-order valence-corrected chi connectivity index (χ1v) is 6.62. The SMILES string of the molecule is CC1CC1CN(C)C(=O)Cc1ccccc1CN. The lowest BCUT2D eigenvalue weighted by molar-refractivity contribution is -0.129. The number of rotatable bonds is 5. The monoisotopic (exact) mass is 246 g/mol. The number of hydrogen-bond acceptors (Lipinski definition) is 2. The summed E-state index contributed by atoms with van der Waals surface area (Å²) < 4.78 is 0. The first kappa shape index (κ1) is 13.1. The average molecular weight is 246 g/mol. The number of carbonyl (C=O) groups is 1. The zero-order valence-corrected chi connectivity index (χ0v) is 11.2. The van der Waals surface area contributed by atoms with Crippen LogP contribution in [-0.2, 0) is 17.8 Å². The molecule has 1 aliphatic rings. The molecule has 2 atom stereocenters. The molecule has 0 spiro atoms. The Balaban J connectivity index is 1.93. The molecular weight excluding hydrogens is 224 g/mol. The molecule has 3 nitrogen and oxygen atoms in total. The maximum absolute atomic E-state index is 12.1. The molecule has 0 saturated heterocycles. The van der Waals surface area contributed by atoms with Crippen molar-refractivity contribution in [3.63, 3.8) is 0 Å². The molecule has 1 aromatic rings. The van der Waals surface area contributed by atoms with Gasteiger partial charge in [-0.2, -0.15) is 0 Å². The molecular formula is C15H22N2O. The zero-order valence-electron chi connectivity index (χ0n) is 11.2. The molecule has 0 heterocycles. The zero-order chi connectivity index (χ0) is 13.1. The van der Waals surface area contributed by atoms with Crippen LogP contribution in [0.4, 0.5) is 0 Å². The van der Waals surface area contributed by atoms with E-state index in [-0.39, 0.29) is 5.91 Å². The Morgan fingerprint density at radius 1 is 1.39 bits per heavy atom. The van der Waals surface area contributed by atoms with Gasteiger partial charge >= 0.3 is 0 Å². The Hall–Kier alpha value is -1.35. The summed E-state index contributed by atoms with van der Waals surface area (Å²) in [6.45, 7) is 3.63. The van der Waals surface area contributed by atoms with Crippen LogP contribution in [0.15, 0.2) is 24.3 Å². The molecule has 0 radical (unpaired) electrons. The summed E-state index contributed by atoms with van der Waals surface area (Å²) in [5.74, 6) is 1.69. The molecule has 1 saturated carbocycles. The van der Waals surface area contributed by atoms with E-state index in [1.165, 1.54) is 6.42 Å². The van der Waals surface area contributed by atoms with Crippen LogP contribution in [0.25, 0.3) is 0 Å². The highest BCUT2D eigenvalue weighted by Gasteiger charge is 2.34. The van der Waals surface area contributed by atoms with Gasteiger partial charge in [-0.15, -0.1) is 0 Å². The van der Waals surface area contributed by atoms with Gasteiger partial charge in [0.05, 0.1) is 6.42 Å². The lowest BCUT2D eigenvalue weighted by Crippen LogP contribution is -2.30. The lowest BCUT2D eigenvalue weighted by Gasteiger charge is -2.18. The molecule has 1 amide bonds. The number of likely N-dealkylation sites (N-methyl/N-ethyl adjacent to an activating group) is 1. The predicted octanol–water partition coefficient (Wildman–Crippen LogP) is 1.80. The van der Waals surface area contributed by atoms with Gasteiger partial charge in [0.15, 0.2) is 0 Å². The average Bonchev–Trinajstić information content (AvgIpc) is 3.05. The van der Waals surface area contributed by atoms with E-state index in [4.69, 9.17) is 5.73 Å². The Bertz CT molecular complexity index is 430. The fraction of sp³-hybridized carbons (Fsp3) is 0.533. The number of nitrogens with zero attached hydrogens (tertiary/aromatic N) is 1. The second kappa shape index (κ2) is 5.53. The number of nitrogens with two attached hydrogens (primary N) is 1. The van der Waals surface area contributed by atoms with E-state index in [9.17, 15) is 4.79 Å². The van der Waals surface area contributed by atoms with Gasteiger partial charge in [0, 0.05) is 20.1 Å². The van der Waals surface area contributed by atoms with Crippen LogP contribution in [0.3, 0.4) is 0 Å². The van der Waals surface area contributed by atoms with Crippen molar-refractivity contribution in [3.05, 3.63) is 35.4 Å². The predicted molar refractivity (Wildman–Crippen MR) is 72.9 cm³/mol. The van der Waals surface area contributed by atoms with E-state index in [1.54, 1.807) is 0 Å². The topological polar surface area (TPSA) is 46.3 Å². The molecule has 3 heteroatoms. The quantitative estimate of drug-likeness (QED) is 0.861. The van der Waals surface area contributed by atoms with Crippen molar-refractivity contribution in [1.82, 2.24) is 4.90 Å². The Morgan fingerprint density at radius 2 is 2.00 bits per heavy atom. The summed E-state index contributed by atoms with van der Waals surface area (Å²) in [6.07, 6.45) is 1.72. The van der Waals surface area contributed by atoms with Crippen LogP contribution in [0.1, 0.15) is 24.5 Å². The van der Waals surface area contributed by atoms with E-state index >= 15 is 0 Å². The summed E-state index contributed by atoms with van der Waals surface area (Å²) in [6, 6.07) is 7.91. The minimum atomic E-state index is 0.190. The van der Waals surface area contributed by atoms with E-state index in [2.05, 4.69) is 6.92 Å². The third-order valence-electron chi connectivity index (χ3n) is 3.89. The fourth-order valence-corrected chi connectivity index (χ4v) is 2.33. The van der Waals surface area contributed by atoms with Gasteiger partial charge in [-0.05, 0) is 29.4 Å². The summed E-state index contributed by atoms with van der Waals surface area (Å²) >= 11 is 0. The maximum Gasteiger partial charge on any atom is 0.226 e. The van der Waals surface area contributed by atoms with E-state index in [0.717, 1.165) is 23.6 Å². The molecule has 0 bridgehead atoms. The van der Waals surface area contributed by atoms with Gasteiger partial charge in [0.25, 0.3) is 0 Å². The van der Waals surface area contributed by atoms with Gasteiger partial charge in [-0.25, -0.2) is 0 Å². The highest BCUT2D eigenvalue weighted by Crippen LogP contribution is 2.37. The normalized spacial score (nSPS) is 21.7. The third kappa shape index (κ3) is 3.10. The van der Waals surface area contributed by atoms with Crippen LogP contribution in [0, 0.1) is 11.8 Å². The molecule has 1 aromatic carbocycles. The van der Waals surface area contributed by atoms with Crippen molar-refractivity contribution < 1.29 is 4.79 Å². The standard InChI is InChI=1S/C15H22N2O/c1-11-7-14(11)10-17(2)15(18)8-12-5-3-4-6-13(12)9-16/h3-6,11,14H,7-10,16H2,1-2H3. The van der Waals surface area contributed by atoms with E-state index in [0.29, 0.717) is 18.9 Å². The molecule has 0 aromatic heterocycles. The minimum Gasteiger partial charge on any atom is -0.345 e. The van der Waals surface area contributed by atoms with Gasteiger partial charge in [-0.3, -0.25) is 4.79 Å². The minimum absolute atomic E-state index is 0.190. The van der Waals surface area contributed by atoms with Crippen molar-refractivity contribution in [3.8, 4) is 0 Å². The first-order chi connectivity index (χ1) is 8.61. The van der Waals surface area contributed by atoms with Crippen molar-refractivity contribution in [2.75, 3.05) is 13.6 Å². The highest BCUT2D eigenvalue weighted by molar-refractivity contribution is 5.78. The lowest BCUT2D eigenvalue weighted by atomic mass is 10.0. The van der Waals surface area contributed by atoms with Gasteiger partial charge in [-0.1, -0.05) is 31.2 Å². The number of carbonyl (C=O) groups excluding carboxylic acids is 1. The van der Waals surface area contributed by atoms with Crippen molar-refractivity contribution in [2.45, 2.75) is 26.3 Å². The van der Waals surface area contributed by atoms with E-state index in [1.807, 2.05) is 36.2 Å². The van der Waals surface area contributed by atoms with Crippen LogP contribution >= 0.6 is 0 Å². The molecule has 2 unspecified atom stereocenters. The molecule has 0 aliphatic heterocycles. The molecule has 2 N–H and O–H groups in total. The summed E-state index contributed by atoms with van der Waals surface area (Å²) in [5.41, 5.74) is 7.81. The Morgan fingerprint density at radius 3 is 2.56 bits per heavy atom. The van der Waals surface area contributed by atoms with Crippen LogP contribution in [0.2, 0.25) is 0 Å². The number of amides is 1. The fourth-order valence-electron chi connectivity index (χ4n) is 2.33. The second-order valence-electron chi connectivity index (χ2n) is 5.40. The van der Waals surface area contributed by atoms with Crippen LogP contribution in [-0.4, -0.2) is 24.4 Å². The Kier molecular flexibility index (Phi) is 4.02. The van der Waals surface area contributed by atoms with Crippen molar-refractivity contribution in [2.24, 2.45) is 17.6 Å². The smallest absolute Gasteiger partial charge is 0.226 e. The first-order valence-electron chi connectivity index (χ1n) is 6.62. The van der Waals surface area contributed by atoms with Crippen LogP contribution in [0.5, 0.6) is 0 Å². The van der Waals surface area contributed by atoms with Crippen molar-refractivity contribution in [1.29, 1.82) is 0 Å². The summed E-state index contributed by atoms with van der Waals surface area (Å²) in [7, 11) is 1.90. The Labute approximate surface area is 109 Å². The molecule has 1 aliphatic carbocycles. The van der Waals surface area contributed by atoms with E-state index < -0.39 is 0 Å². The largest absolute Gasteiger partial charge is 0.345 e. The van der Waals surface area contributed by atoms with Crippen LogP contribution < -0.4 is 5.73 Å². The third-order valence-corrected chi connectivity index (χ3v) is 3.89. The van der Waals surface area contributed by atoms with Gasteiger partial charge in [0.1, 0.15) is 0 Å². The summed E-state index contributed by atoms with van der Waals surface area (Å²) in [5, 5.41) is 0. The molecule has 98 valence electrons. The summed E-state index contributed by atoms with van der Waals surface area (Å²) in [4.78, 5) is 14.0. The highest BCUT2D eigenvalue weighted by atomic mass is 16.2. The van der Waals surface area contributed by atoms with Gasteiger partial charge in [0.2, 0.25) is 5.91 Å². The van der Waals surface area contributed by atoms with Gasteiger partial charge < -0.3 is 10.6 Å². The van der Waals surface area contributed by atoms with Crippen molar-refractivity contribution >= 4 is 5.91 Å². The molecule has 1 fully saturated rings. The second-order valence-corrected chi connectivity index (χ2v) is 5.40. The molecule has 2 rings (SSSR count). The number of benzene rings is 1.